The Bertz CT molecular complexity index is 697. The zero-order chi connectivity index (χ0) is 18.2. The standard InChI is InChI=1S/C20H24N2O3/c1-14(2)16-8-10-17(11-9-16)22-20(25)19(24)21-13-18(23)12-15-6-4-3-5-7-15/h3-11,14,18,23H,12-13H2,1-2H3,(H,21,24)(H,22,25). The fraction of sp³-hybridized carbons (Fsp3) is 0.300. The van der Waals surface area contributed by atoms with Crippen LogP contribution in [0.4, 0.5) is 5.69 Å². The first-order valence-electron chi connectivity index (χ1n) is 8.37. The van der Waals surface area contributed by atoms with E-state index >= 15 is 0 Å². The maximum Gasteiger partial charge on any atom is 0.313 e. The van der Waals surface area contributed by atoms with E-state index in [0.29, 0.717) is 18.0 Å². The Morgan fingerprint density at radius 3 is 2.20 bits per heavy atom. The lowest BCUT2D eigenvalue weighted by Gasteiger charge is -2.12. The van der Waals surface area contributed by atoms with E-state index in [0.717, 1.165) is 11.1 Å². The molecule has 0 bridgehead atoms. The molecule has 0 aromatic heterocycles. The number of rotatable bonds is 6. The molecular formula is C20H24N2O3. The molecular weight excluding hydrogens is 316 g/mol. The summed E-state index contributed by atoms with van der Waals surface area (Å²) in [6.45, 7) is 4.19. The van der Waals surface area contributed by atoms with Gasteiger partial charge in [0.05, 0.1) is 6.10 Å². The SMILES string of the molecule is CC(C)c1ccc(NC(=O)C(=O)NCC(O)Cc2ccccc2)cc1. The van der Waals surface area contributed by atoms with Gasteiger partial charge in [0.15, 0.2) is 0 Å². The fourth-order valence-electron chi connectivity index (χ4n) is 2.39. The molecule has 0 aliphatic heterocycles. The Balaban J connectivity index is 1.78. The summed E-state index contributed by atoms with van der Waals surface area (Å²) in [7, 11) is 0. The van der Waals surface area contributed by atoms with Crippen LogP contribution in [0, 0.1) is 0 Å². The monoisotopic (exact) mass is 340 g/mol. The average molecular weight is 340 g/mol. The number of aliphatic hydroxyl groups excluding tert-OH is 1. The number of carbonyl (C=O) groups excluding carboxylic acids is 2. The maximum atomic E-state index is 11.9. The second-order valence-corrected chi connectivity index (χ2v) is 6.28. The lowest BCUT2D eigenvalue weighted by atomic mass is 10.0. The minimum atomic E-state index is -0.764. The predicted molar refractivity (Wildman–Crippen MR) is 98.3 cm³/mol. The van der Waals surface area contributed by atoms with Gasteiger partial charge in [0.25, 0.3) is 0 Å². The van der Waals surface area contributed by atoms with E-state index in [1.54, 1.807) is 12.1 Å². The number of hydrogen-bond donors (Lipinski definition) is 3. The van der Waals surface area contributed by atoms with Crippen LogP contribution in [0.3, 0.4) is 0 Å². The quantitative estimate of drug-likeness (QED) is 0.707. The molecule has 132 valence electrons. The molecule has 0 radical (unpaired) electrons. The number of aliphatic hydroxyl groups is 1. The van der Waals surface area contributed by atoms with Crippen molar-refractivity contribution in [3.63, 3.8) is 0 Å². The molecule has 2 aromatic carbocycles. The van der Waals surface area contributed by atoms with E-state index in [9.17, 15) is 14.7 Å². The first-order chi connectivity index (χ1) is 12.0. The fourth-order valence-corrected chi connectivity index (χ4v) is 2.39. The van der Waals surface area contributed by atoms with Crippen molar-refractivity contribution in [3.05, 3.63) is 65.7 Å². The highest BCUT2D eigenvalue weighted by molar-refractivity contribution is 6.39. The van der Waals surface area contributed by atoms with Crippen LogP contribution >= 0.6 is 0 Å². The molecule has 0 saturated heterocycles. The summed E-state index contributed by atoms with van der Waals surface area (Å²) in [6.07, 6.45) is -0.330. The Kier molecular flexibility index (Phi) is 6.71. The Morgan fingerprint density at radius 2 is 1.60 bits per heavy atom. The Morgan fingerprint density at radius 1 is 0.960 bits per heavy atom. The van der Waals surface area contributed by atoms with Gasteiger partial charge in [-0.3, -0.25) is 9.59 Å². The van der Waals surface area contributed by atoms with Gasteiger partial charge >= 0.3 is 11.8 Å². The molecule has 0 aliphatic carbocycles. The Labute approximate surface area is 148 Å². The van der Waals surface area contributed by atoms with Crippen molar-refractivity contribution in [1.82, 2.24) is 5.32 Å². The molecule has 0 saturated carbocycles. The molecule has 0 fully saturated rings. The maximum absolute atomic E-state index is 11.9. The van der Waals surface area contributed by atoms with Gasteiger partial charge in [0, 0.05) is 18.7 Å². The second-order valence-electron chi connectivity index (χ2n) is 6.28. The highest BCUT2D eigenvalue weighted by Gasteiger charge is 2.15. The van der Waals surface area contributed by atoms with Gasteiger partial charge in [0.1, 0.15) is 0 Å². The molecule has 2 amide bonds. The third-order valence-electron chi connectivity index (χ3n) is 3.85. The van der Waals surface area contributed by atoms with Gasteiger partial charge in [-0.05, 0) is 29.2 Å². The largest absolute Gasteiger partial charge is 0.391 e. The van der Waals surface area contributed by atoms with E-state index in [1.807, 2.05) is 42.5 Å². The van der Waals surface area contributed by atoms with Gasteiger partial charge in [-0.25, -0.2) is 0 Å². The Hall–Kier alpha value is -2.66. The highest BCUT2D eigenvalue weighted by atomic mass is 16.3. The van der Waals surface area contributed by atoms with Crippen LogP contribution in [0.25, 0.3) is 0 Å². The van der Waals surface area contributed by atoms with Gasteiger partial charge in [-0.2, -0.15) is 0 Å². The first-order valence-corrected chi connectivity index (χ1v) is 8.37. The summed E-state index contributed by atoms with van der Waals surface area (Å²) in [5, 5.41) is 15.0. The van der Waals surface area contributed by atoms with Crippen molar-refractivity contribution in [2.45, 2.75) is 32.3 Å². The topological polar surface area (TPSA) is 78.4 Å². The molecule has 0 aliphatic rings. The van der Waals surface area contributed by atoms with E-state index < -0.39 is 17.9 Å². The van der Waals surface area contributed by atoms with Gasteiger partial charge in [-0.1, -0.05) is 56.3 Å². The van der Waals surface area contributed by atoms with Crippen molar-refractivity contribution in [2.24, 2.45) is 0 Å². The third kappa shape index (κ3) is 6.04. The van der Waals surface area contributed by atoms with Gasteiger partial charge in [0.2, 0.25) is 0 Å². The average Bonchev–Trinajstić information content (AvgIpc) is 2.61. The lowest BCUT2D eigenvalue weighted by molar-refractivity contribution is -0.136. The number of amides is 2. The highest BCUT2D eigenvalue weighted by Crippen LogP contribution is 2.17. The van der Waals surface area contributed by atoms with Crippen LogP contribution in [0.5, 0.6) is 0 Å². The number of benzene rings is 2. The van der Waals surface area contributed by atoms with Crippen molar-refractivity contribution in [1.29, 1.82) is 0 Å². The van der Waals surface area contributed by atoms with Gasteiger partial charge < -0.3 is 15.7 Å². The summed E-state index contributed by atoms with van der Waals surface area (Å²) in [6, 6.07) is 16.9. The van der Waals surface area contributed by atoms with Crippen LogP contribution in [-0.2, 0) is 16.0 Å². The van der Waals surface area contributed by atoms with Crippen molar-refractivity contribution >= 4 is 17.5 Å². The van der Waals surface area contributed by atoms with Crippen molar-refractivity contribution in [3.8, 4) is 0 Å². The number of anilines is 1. The molecule has 0 heterocycles. The first kappa shape index (κ1) is 18.7. The molecule has 1 atom stereocenters. The minimum absolute atomic E-state index is 0.0213. The van der Waals surface area contributed by atoms with Gasteiger partial charge in [-0.15, -0.1) is 0 Å². The molecule has 3 N–H and O–H groups in total. The summed E-state index contributed by atoms with van der Waals surface area (Å²) >= 11 is 0. The smallest absolute Gasteiger partial charge is 0.313 e. The van der Waals surface area contributed by atoms with E-state index in [-0.39, 0.29) is 6.54 Å². The summed E-state index contributed by atoms with van der Waals surface area (Å²) in [4.78, 5) is 23.7. The van der Waals surface area contributed by atoms with E-state index in [1.165, 1.54) is 0 Å². The zero-order valence-corrected chi connectivity index (χ0v) is 14.5. The summed E-state index contributed by atoms with van der Waals surface area (Å²) < 4.78 is 0. The summed E-state index contributed by atoms with van der Waals surface area (Å²) in [5.41, 5.74) is 2.69. The summed E-state index contributed by atoms with van der Waals surface area (Å²) in [5.74, 6) is -1.11. The van der Waals surface area contributed by atoms with E-state index in [2.05, 4.69) is 24.5 Å². The third-order valence-corrected chi connectivity index (χ3v) is 3.85. The number of hydrogen-bond acceptors (Lipinski definition) is 3. The van der Waals surface area contributed by atoms with Crippen molar-refractivity contribution < 1.29 is 14.7 Å². The van der Waals surface area contributed by atoms with Crippen LogP contribution in [0.1, 0.15) is 30.9 Å². The minimum Gasteiger partial charge on any atom is -0.391 e. The van der Waals surface area contributed by atoms with Crippen LogP contribution in [0.15, 0.2) is 54.6 Å². The lowest BCUT2D eigenvalue weighted by Crippen LogP contribution is -2.40. The molecule has 0 spiro atoms. The van der Waals surface area contributed by atoms with Crippen molar-refractivity contribution in [2.75, 3.05) is 11.9 Å². The zero-order valence-electron chi connectivity index (χ0n) is 14.5. The molecule has 2 aromatic rings. The van der Waals surface area contributed by atoms with Crippen LogP contribution in [-0.4, -0.2) is 29.6 Å². The van der Waals surface area contributed by atoms with Crippen LogP contribution in [0.2, 0.25) is 0 Å². The van der Waals surface area contributed by atoms with E-state index in [4.69, 9.17) is 0 Å². The van der Waals surface area contributed by atoms with Crippen LogP contribution < -0.4 is 10.6 Å². The predicted octanol–water partition coefficient (Wildman–Crippen LogP) is 2.47. The molecule has 5 heteroatoms. The molecule has 2 rings (SSSR count). The number of nitrogens with one attached hydrogen (secondary N) is 2. The number of carbonyl (C=O) groups is 2. The normalized spacial score (nSPS) is 11.8. The molecule has 5 nitrogen and oxygen atoms in total. The molecule has 25 heavy (non-hydrogen) atoms. The molecule has 1 unspecified atom stereocenters. The second kappa shape index (κ2) is 8.99.